The zero-order valence-electron chi connectivity index (χ0n) is 11.7. The molecule has 1 aromatic heterocycles. The van der Waals surface area contributed by atoms with Crippen molar-refractivity contribution < 1.29 is 27.2 Å². The fourth-order valence-electron chi connectivity index (χ4n) is 1.80. The Labute approximate surface area is 126 Å². The Balaban J connectivity index is 2.37. The Bertz CT molecular complexity index is 810. The largest absolute Gasteiger partial charge is 0.497 e. The van der Waals surface area contributed by atoms with Gasteiger partial charge in [-0.15, -0.1) is 0 Å². The van der Waals surface area contributed by atoms with E-state index < -0.39 is 32.5 Å². The summed E-state index contributed by atoms with van der Waals surface area (Å²) in [6.45, 7) is 0. The molecule has 2 aromatic rings. The maximum atomic E-state index is 12.1. The highest BCUT2D eigenvalue weighted by atomic mass is 32.2. The lowest BCUT2D eigenvalue weighted by atomic mass is 10.3. The van der Waals surface area contributed by atoms with E-state index in [2.05, 4.69) is 5.10 Å². The Morgan fingerprint density at radius 2 is 1.82 bits per heavy atom. The molecule has 1 aromatic carbocycles. The molecular formula is C12H13N3O6S. The number of nitrogens with two attached hydrogens (primary N) is 1. The highest BCUT2D eigenvalue weighted by Gasteiger charge is 2.30. The third-order valence-corrected chi connectivity index (χ3v) is 3.67. The second-order valence-corrected chi connectivity index (χ2v) is 5.59. The van der Waals surface area contributed by atoms with Crippen molar-refractivity contribution in [1.29, 1.82) is 0 Å². The summed E-state index contributed by atoms with van der Waals surface area (Å²) in [5.74, 6) is -0.800. The number of carbonyl (C=O) groups is 1. The van der Waals surface area contributed by atoms with Crippen LogP contribution in [-0.2, 0) is 17.2 Å². The molecule has 0 unspecified atom stereocenters. The number of benzene rings is 1. The number of aromatic nitrogens is 2. The summed E-state index contributed by atoms with van der Waals surface area (Å²) in [5, 5.41) is 3.60. The van der Waals surface area contributed by atoms with Crippen molar-refractivity contribution in [2.75, 3.05) is 12.8 Å². The van der Waals surface area contributed by atoms with Crippen LogP contribution in [0.1, 0.15) is 10.5 Å². The molecule has 22 heavy (non-hydrogen) atoms. The number of ether oxygens (including phenoxy) is 2. The van der Waals surface area contributed by atoms with E-state index in [0.29, 0.717) is 5.75 Å². The van der Waals surface area contributed by atoms with Crippen LogP contribution >= 0.6 is 0 Å². The van der Waals surface area contributed by atoms with E-state index in [-0.39, 0.29) is 5.75 Å². The van der Waals surface area contributed by atoms with Crippen molar-refractivity contribution in [2.24, 2.45) is 7.05 Å². The molecule has 0 radical (unpaired) electrons. The van der Waals surface area contributed by atoms with Crippen LogP contribution in [0.15, 0.2) is 29.2 Å². The minimum Gasteiger partial charge on any atom is -0.497 e. The van der Waals surface area contributed by atoms with Crippen molar-refractivity contribution in [2.45, 2.75) is 4.90 Å². The van der Waals surface area contributed by atoms with Crippen LogP contribution in [0.3, 0.4) is 0 Å². The normalized spacial score (nSPS) is 11.2. The van der Waals surface area contributed by atoms with Gasteiger partial charge in [0, 0.05) is 7.05 Å². The molecule has 2 rings (SSSR count). The van der Waals surface area contributed by atoms with Crippen molar-refractivity contribution in [3.05, 3.63) is 30.0 Å². The van der Waals surface area contributed by atoms with Crippen LogP contribution in [0.4, 0.5) is 5.82 Å². The number of hydrogen-bond donors (Lipinski definition) is 2. The van der Waals surface area contributed by atoms with E-state index in [9.17, 15) is 13.2 Å². The van der Waals surface area contributed by atoms with Gasteiger partial charge in [0.05, 0.1) is 7.11 Å². The van der Waals surface area contributed by atoms with E-state index >= 15 is 0 Å². The standard InChI is InChI=1S/C12H13N3O6S/c1-15-9(10(11(13)14-15)22(17,18)19)12(16)21-8-5-3-7(20-2)4-6-8/h3-6H,1-2H3,(H2,13,14)(H,17,18,19). The fraction of sp³-hybridized carbons (Fsp3) is 0.167. The van der Waals surface area contributed by atoms with Gasteiger partial charge in [-0.25, -0.2) is 4.79 Å². The molecular weight excluding hydrogens is 314 g/mol. The van der Waals surface area contributed by atoms with Gasteiger partial charge in [0.1, 0.15) is 11.5 Å². The van der Waals surface area contributed by atoms with E-state index in [1.54, 1.807) is 12.1 Å². The number of esters is 1. The van der Waals surface area contributed by atoms with Gasteiger partial charge < -0.3 is 15.2 Å². The topological polar surface area (TPSA) is 134 Å². The molecule has 0 spiro atoms. The first-order valence-corrected chi connectivity index (χ1v) is 7.34. The summed E-state index contributed by atoms with van der Waals surface area (Å²) < 4.78 is 42.7. The van der Waals surface area contributed by atoms with Gasteiger partial charge in [-0.05, 0) is 24.3 Å². The minimum absolute atomic E-state index is 0.159. The molecule has 3 N–H and O–H groups in total. The van der Waals surface area contributed by atoms with Crippen molar-refractivity contribution >= 4 is 21.9 Å². The van der Waals surface area contributed by atoms with Gasteiger partial charge in [0.15, 0.2) is 16.4 Å². The summed E-state index contributed by atoms with van der Waals surface area (Å²) in [5.41, 5.74) is 4.93. The number of nitrogens with zero attached hydrogens (tertiary/aromatic N) is 2. The maximum absolute atomic E-state index is 12.1. The van der Waals surface area contributed by atoms with Crippen LogP contribution in [0.2, 0.25) is 0 Å². The van der Waals surface area contributed by atoms with E-state index in [4.69, 9.17) is 19.8 Å². The molecule has 9 nitrogen and oxygen atoms in total. The van der Waals surface area contributed by atoms with Gasteiger partial charge in [0.2, 0.25) is 0 Å². The molecule has 0 saturated carbocycles. The molecule has 0 saturated heterocycles. The zero-order chi connectivity index (χ0) is 16.5. The molecule has 1 heterocycles. The number of nitrogen functional groups attached to an aromatic ring is 1. The summed E-state index contributed by atoms with van der Waals surface area (Å²) >= 11 is 0. The lowest BCUT2D eigenvalue weighted by molar-refractivity contribution is 0.0718. The first-order valence-electron chi connectivity index (χ1n) is 5.90. The summed E-state index contributed by atoms with van der Waals surface area (Å²) in [7, 11) is -1.94. The zero-order valence-corrected chi connectivity index (χ0v) is 12.5. The summed E-state index contributed by atoms with van der Waals surface area (Å²) in [6, 6.07) is 6.04. The molecule has 10 heteroatoms. The molecule has 0 bridgehead atoms. The van der Waals surface area contributed by atoms with Gasteiger partial charge in [-0.2, -0.15) is 13.5 Å². The second-order valence-electron chi connectivity index (χ2n) is 4.23. The molecule has 0 aliphatic heterocycles. The van der Waals surface area contributed by atoms with Gasteiger partial charge >= 0.3 is 16.1 Å². The van der Waals surface area contributed by atoms with Crippen LogP contribution in [0, 0.1) is 0 Å². The third kappa shape index (κ3) is 3.02. The van der Waals surface area contributed by atoms with Crippen molar-refractivity contribution in [3.8, 4) is 11.5 Å². The lowest BCUT2D eigenvalue weighted by Gasteiger charge is -2.06. The summed E-state index contributed by atoms with van der Waals surface area (Å²) in [6.07, 6.45) is 0. The van der Waals surface area contributed by atoms with E-state index in [0.717, 1.165) is 4.68 Å². The molecule has 0 atom stereocenters. The van der Waals surface area contributed by atoms with E-state index in [1.807, 2.05) is 0 Å². The fourth-order valence-corrected chi connectivity index (χ4v) is 2.57. The Kier molecular flexibility index (Phi) is 4.06. The van der Waals surface area contributed by atoms with Gasteiger partial charge in [-0.3, -0.25) is 9.23 Å². The SMILES string of the molecule is COc1ccc(OC(=O)c2c(S(=O)(=O)O)c(N)nn2C)cc1. The highest BCUT2D eigenvalue weighted by molar-refractivity contribution is 7.86. The average molecular weight is 327 g/mol. The van der Waals surface area contributed by atoms with Crippen LogP contribution in [0.25, 0.3) is 0 Å². The third-order valence-electron chi connectivity index (χ3n) is 2.75. The van der Waals surface area contributed by atoms with Crippen LogP contribution in [-0.4, -0.2) is 35.8 Å². The maximum Gasteiger partial charge on any atom is 0.363 e. The van der Waals surface area contributed by atoms with Gasteiger partial charge in [-0.1, -0.05) is 0 Å². The number of hydrogen-bond acceptors (Lipinski definition) is 7. The Morgan fingerprint density at radius 3 is 2.32 bits per heavy atom. The van der Waals surface area contributed by atoms with Crippen LogP contribution in [0.5, 0.6) is 11.5 Å². The number of rotatable bonds is 4. The number of anilines is 1. The molecule has 0 amide bonds. The Hall–Kier alpha value is -2.59. The number of methoxy groups -OCH3 is 1. The van der Waals surface area contributed by atoms with Crippen LogP contribution < -0.4 is 15.2 Å². The number of carbonyl (C=O) groups excluding carboxylic acids is 1. The van der Waals surface area contributed by atoms with E-state index in [1.165, 1.54) is 26.3 Å². The minimum atomic E-state index is -4.72. The second kappa shape index (κ2) is 5.66. The number of aryl methyl sites for hydroxylation is 1. The smallest absolute Gasteiger partial charge is 0.363 e. The highest BCUT2D eigenvalue weighted by Crippen LogP contribution is 2.24. The summed E-state index contributed by atoms with van der Waals surface area (Å²) in [4.78, 5) is 11.3. The molecule has 0 aliphatic rings. The first-order chi connectivity index (χ1) is 10.2. The predicted molar refractivity (Wildman–Crippen MR) is 75.4 cm³/mol. The lowest BCUT2D eigenvalue weighted by Crippen LogP contribution is -2.17. The average Bonchev–Trinajstić information content (AvgIpc) is 2.74. The predicted octanol–water partition coefficient (Wildman–Crippen LogP) is 0.477. The first kappa shape index (κ1) is 15.8. The van der Waals surface area contributed by atoms with Crippen molar-refractivity contribution in [1.82, 2.24) is 9.78 Å². The molecule has 0 fully saturated rings. The monoisotopic (exact) mass is 327 g/mol. The quantitative estimate of drug-likeness (QED) is 0.470. The Morgan fingerprint density at radius 1 is 1.27 bits per heavy atom. The van der Waals surface area contributed by atoms with Crippen molar-refractivity contribution in [3.63, 3.8) is 0 Å². The van der Waals surface area contributed by atoms with Gasteiger partial charge in [0.25, 0.3) is 0 Å². The molecule has 118 valence electrons. The molecule has 0 aliphatic carbocycles.